The molecule has 0 aromatic rings. The lowest BCUT2D eigenvalue weighted by atomic mass is 10.4. The number of hydrogen-bond donors (Lipinski definition) is 1. The minimum atomic E-state index is -3.27. The largest absolute Gasteiger partial charge is 0.315 e. The fourth-order valence-corrected chi connectivity index (χ4v) is 2.78. The minimum Gasteiger partial charge on any atom is -0.315 e. The Morgan fingerprint density at radius 1 is 1.44 bits per heavy atom. The normalized spacial score (nSPS) is 13.7. The topological polar surface area (TPSA) is 49.4 Å². The van der Waals surface area contributed by atoms with Gasteiger partial charge < -0.3 is 5.32 Å². The number of nitrogens with one attached hydrogen (secondary N) is 1. The van der Waals surface area contributed by atoms with E-state index < -0.39 is 15.3 Å². The van der Waals surface area contributed by atoms with Crippen molar-refractivity contribution in [2.75, 3.05) is 26.2 Å². The maximum Gasteiger partial charge on any atom is 0.218 e. The molecular weight excluding hydrogens is 224 g/mol. The van der Waals surface area contributed by atoms with E-state index in [1.165, 1.54) is 4.31 Å². The van der Waals surface area contributed by atoms with Gasteiger partial charge in [0.2, 0.25) is 10.0 Å². The van der Waals surface area contributed by atoms with E-state index in [4.69, 9.17) is 6.42 Å². The Morgan fingerprint density at radius 2 is 2.06 bits per heavy atom. The molecule has 0 spiro atoms. The van der Waals surface area contributed by atoms with Crippen LogP contribution in [0.3, 0.4) is 0 Å². The molecule has 0 saturated heterocycles. The molecule has 0 aliphatic heterocycles. The molecule has 0 bridgehead atoms. The molecule has 1 unspecified atom stereocenters. The van der Waals surface area contributed by atoms with Crippen molar-refractivity contribution in [2.24, 2.45) is 0 Å². The van der Waals surface area contributed by atoms with Gasteiger partial charge in [-0.15, -0.1) is 6.42 Å². The molecule has 5 heteroatoms. The second kappa shape index (κ2) is 7.66. The molecule has 0 heterocycles. The van der Waals surface area contributed by atoms with Crippen molar-refractivity contribution in [1.29, 1.82) is 0 Å². The molecule has 0 aromatic heterocycles. The highest BCUT2D eigenvalue weighted by Crippen LogP contribution is 2.07. The van der Waals surface area contributed by atoms with Crippen LogP contribution < -0.4 is 5.32 Å². The van der Waals surface area contributed by atoms with Gasteiger partial charge in [-0.3, -0.25) is 0 Å². The molecule has 0 amide bonds. The second-order valence-corrected chi connectivity index (χ2v) is 6.04. The monoisotopic (exact) mass is 246 g/mol. The van der Waals surface area contributed by atoms with Crippen LogP contribution >= 0.6 is 0 Å². The average molecular weight is 246 g/mol. The summed E-state index contributed by atoms with van der Waals surface area (Å²) in [5, 5.41) is 2.67. The van der Waals surface area contributed by atoms with Crippen molar-refractivity contribution in [3.05, 3.63) is 0 Å². The maximum absolute atomic E-state index is 12.0. The van der Waals surface area contributed by atoms with E-state index in [0.717, 1.165) is 13.0 Å². The highest BCUT2D eigenvalue weighted by Gasteiger charge is 2.26. The summed E-state index contributed by atoms with van der Waals surface area (Å²) in [5.41, 5.74) is 0. The van der Waals surface area contributed by atoms with Crippen LogP contribution in [0.15, 0.2) is 0 Å². The SMILES string of the molecule is C#CCN(CC)S(=O)(=O)C(C)CNCCC. The van der Waals surface area contributed by atoms with Gasteiger partial charge >= 0.3 is 0 Å². The van der Waals surface area contributed by atoms with Crippen molar-refractivity contribution in [1.82, 2.24) is 9.62 Å². The molecule has 0 radical (unpaired) electrons. The van der Waals surface area contributed by atoms with Gasteiger partial charge in [0, 0.05) is 13.1 Å². The molecular formula is C11H22N2O2S. The minimum absolute atomic E-state index is 0.150. The molecule has 16 heavy (non-hydrogen) atoms. The summed E-state index contributed by atoms with van der Waals surface area (Å²) in [7, 11) is -3.27. The van der Waals surface area contributed by atoms with Gasteiger partial charge in [-0.05, 0) is 19.9 Å². The molecule has 0 saturated carbocycles. The molecule has 0 aromatic carbocycles. The van der Waals surface area contributed by atoms with E-state index in [-0.39, 0.29) is 6.54 Å². The zero-order chi connectivity index (χ0) is 12.6. The number of rotatable bonds is 8. The first kappa shape index (κ1) is 15.4. The van der Waals surface area contributed by atoms with Gasteiger partial charge in [-0.2, -0.15) is 4.31 Å². The number of nitrogens with zero attached hydrogens (tertiary/aromatic N) is 1. The highest BCUT2D eigenvalue weighted by molar-refractivity contribution is 7.89. The molecule has 0 aliphatic carbocycles. The van der Waals surface area contributed by atoms with Gasteiger partial charge in [0.05, 0.1) is 11.8 Å². The van der Waals surface area contributed by atoms with Crippen LogP contribution in [0, 0.1) is 12.3 Å². The summed E-state index contributed by atoms with van der Waals surface area (Å²) in [4.78, 5) is 0. The Balaban J connectivity index is 4.45. The van der Waals surface area contributed by atoms with Crippen LogP contribution in [0.4, 0.5) is 0 Å². The van der Waals surface area contributed by atoms with E-state index in [0.29, 0.717) is 13.1 Å². The van der Waals surface area contributed by atoms with E-state index in [1.54, 1.807) is 13.8 Å². The Hall–Kier alpha value is -0.570. The number of terminal acetylenes is 1. The third-order valence-electron chi connectivity index (χ3n) is 2.35. The van der Waals surface area contributed by atoms with E-state index in [9.17, 15) is 8.42 Å². The lowest BCUT2D eigenvalue weighted by Crippen LogP contribution is -2.42. The van der Waals surface area contributed by atoms with Gasteiger partial charge in [0.1, 0.15) is 0 Å². The highest BCUT2D eigenvalue weighted by atomic mass is 32.2. The fourth-order valence-electron chi connectivity index (χ4n) is 1.33. The van der Waals surface area contributed by atoms with Gasteiger partial charge in [-0.25, -0.2) is 8.42 Å². The molecule has 1 atom stereocenters. The van der Waals surface area contributed by atoms with Crippen molar-refractivity contribution >= 4 is 10.0 Å². The zero-order valence-corrected chi connectivity index (χ0v) is 11.2. The number of hydrogen-bond acceptors (Lipinski definition) is 3. The summed E-state index contributed by atoms with van der Waals surface area (Å²) in [6.07, 6.45) is 6.15. The number of sulfonamides is 1. The standard InChI is InChI=1S/C11H22N2O2S/c1-5-8-12-10-11(4)16(14,15)13(7-3)9-6-2/h2,11-12H,5,7-10H2,1,3-4H3. The van der Waals surface area contributed by atoms with Crippen LogP contribution in [-0.4, -0.2) is 44.2 Å². The maximum atomic E-state index is 12.0. The van der Waals surface area contributed by atoms with E-state index >= 15 is 0 Å². The Kier molecular flexibility index (Phi) is 7.39. The fraction of sp³-hybridized carbons (Fsp3) is 0.818. The summed E-state index contributed by atoms with van der Waals surface area (Å²) in [6.45, 7) is 7.42. The van der Waals surface area contributed by atoms with Crippen molar-refractivity contribution < 1.29 is 8.42 Å². The van der Waals surface area contributed by atoms with Gasteiger partial charge in [0.25, 0.3) is 0 Å². The third kappa shape index (κ3) is 4.52. The first-order valence-corrected chi connectivity index (χ1v) is 7.14. The molecule has 0 fully saturated rings. The van der Waals surface area contributed by atoms with Crippen molar-refractivity contribution in [2.45, 2.75) is 32.4 Å². The molecule has 0 aliphatic rings. The Morgan fingerprint density at radius 3 is 2.50 bits per heavy atom. The van der Waals surface area contributed by atoms with Gasteiger partial charge in [-0.1, -0.05) is 19.8 Å². The predicted octanol–water partition coefficient (Wildman–Crippen LogP) is 0.659. The second-order valence-electron chi connectivity index (χ2n) is 3.69. The lowest BCUT2D eigenvalue weighted by molar-refractivity contribution is 0.451. The molecule has 0 rings (SSSR count). The molecule has 4 nitrogen and oxygen atoms in total. The zero-order valence-electron chi connectivity index (χ0n) is 10.4. The van der Waals surface area contributed by atoms with Crippen LogP contribution in [0.5, 0.6) is 0 Å². The third-order valence-corrected chi connectivity index (χ3v) is 4.64. The Labute approximate surface area is 99.5 Å². The van der Waals surface area contributed by atoms with Crippen LogP contribution in [0.25, 0.3) is 0 Å². The van der Waals surface area contributed by atoms with Crippen LogP contribution in [0.2, 0.25) is 0 Å². The molecule has 1 N–H and O–H groups in total. The lowest BCUT2D eigenvalue weighted by Gasteiger charge is -2.22. The predicted molar refractivity (Wildman–Crippen MR) is 67.6 cm³/mol. The first-order chi connectivity index (χ1) is 7.50. The molecule has 94 valence electrons. The van der Waals surface area contributed by atoms with Gasteiger partial charge in [0.15, 0.2) is 0 Å². The van der Waals surface area contributed by atoms with Crippen LogP contribution in [0.1, 0.15) is 27.2 Å². The quantitative estimate of drug-likeness (QED) is 0.505. The van der Waals surface area contributed by atoms with E-state index in [2.05, 4.69) is 11.2 Å². The first-order valence-electron chi connectivity index (χ1n) is 5.63. The Bertz CT molecular complexity index is 319. The van der Waals surface area contributed by atoms with E-state index in [1.807, 2.05) is 6.92 Å². The summed E-state index contributed by atoms with van der Waals surface area (Å²) >= 11 is 0. The summed E-state index contributed by atoms with van der Waals surface area (Å²) in [5.74, 6) is 2.37. The summed E-state index contributed by atoms with van der Waals surface area (Å²) < 4.78 is 25.4. The van der Waals surface area contributed by atoms with Crippen LogP contribution in [-0.2, 0) is 10.0 Å². The van der Waals surface area contributed by atoms with Crippen molar-refractivity contribution in [3.8, 4) is 12.3 Å². The smallest absolute Gasteiger partial charge is 0.218 e. The van der Waals surface area contributed by atoms with Crippen molar-refractivity contribution in [3.63, 3.8) is 0 Å². The average Bonchev–Trinajstić information content (AvgIpc) is 2.25. The summed E-state index contributed by atoms with van der Waals surface area (Å²) in [6, 6.07) is 0.